The lowest BCUT2D eigenvalue weighted by molar-refractivity contribution is -0.127. The Morgan fingerprint density at radius 3 is 2.61 bits per heavy atom. The third kappa shape index (κ3) is 3.02. The molecule has 1 atom stereocenters. The lowest BCUT2D eigenvalue weighted by Crippen LogP contribution is -2.58. The van der Waals surface area contributed by atoms with E-state index in [1.54, 1.807) is 0 Å². The van der Waals surface area contributed by atoms with E-state index in [1.165, 1.54) is 0 Å². The number of hydrogen-bond acceptors (Lipinski definition) is 4. The van der Waals surface area contributed by atoms with E-state index in [1.807, 2.05) is 0 Å². The second-order valence-corrected chi connectivity index (χ2v) is 5.84. The number of ether oxygens (including phenoxy) is 1. The Morgan fingerprint density at radius 2 is 2.11 bits per heavy atom. The molecule has 0 aromatic carbocycles. The summed E-state index contributed by atoms with van der Waals surface area (Å²) < 4.78 is 5.22. The molecular formula is C13H25N3O2. The molecule has 2 heterocycles. The summed E-state index contributed by atoms with van der Waals surface area (Å²) in [4.78, 5) is 14.6. The van der Waals surface area contributed by atoms with Gasteiger partial charge in [-0.1, -0.05) is 0 Å². The van der Waals surface area contributed by atoms with Crippen LogP contribution in [-0.4, -0.2) is 54.7 Å². The van der Waals surface area contributed by atoms with Gasteiger partial charge in [-0.2, -0.15) is 0 Å². The van der Waals surface area contributed by atoms with Crippen LogP contribution in [0, 0.1) is 0 Å². The van der Waals surface area contributed by atoms with Crippen LogP contribution in [0.4, 0.5) is 0 Å². The Morgan fingerprint density at radius 1 is 1.44 bits per heavy atom. The number of nitrogens with zero attached hydrogens (tertiary/aromatic N) is 1. The third-order valence-electron chi connectivity index (χ3n) is 4.10. The largest absolute Gasteiger partial charge is 0.379 e. The van der Waals surface area contributed by atoms with Crippen molar-refractivity contribution in [2.24, 2.45) is 5.73 Å². The predicted octanol–water partition coefficient (Wildman–Crippen LogP) is 0.0932. The Bertz CT molecular complexity index is 293. The van der Waals surface area contributed by atoms with Crippen molar-refractivity contribution in [3.63, 3.8) is 0 Å². The maximum Gasteiger partial charge on any atom is 0.242 e. The molecule has 18 heavy (non-hydrogen) atoms. The highest BCUT2D eigenvalue weighted by molar-refractivity contribution is 5.86. The van der Waals surface area contributed by atoms with Crippen molar-refractivity contribution in [3.05, 3.63) is 0 Å². The molecule has 104 valence electrons. The highest BCUT2D eigenvalue weighted by atomic mass is 16.5. The van der Waals surface area contributed by atoms with Crippen LogP contribution < -0.4 is 11.1 Å². The minimum Gasteiger partial charge on any atom is -0.379 e. The molecule has 0 bridgehead atoms. The van der Waals surface area contributed by atoms with Crippen molar-refractivity contribution in [3.8, 4) is 0 Å². The predicted molar refractivity (Wildman–Crippen MR) is 70.2 cm³/mol. The first kappa shape index (κ1) is 13.8. The quantitative estimate of drug-likeness (QED) is 0.750. The molecule has 0 radical (unpaired) electrons. The normalized spacial score (nSPS) is 30.9. The molecule has 0 spiro atoms. The number of carbonyl (C=O) groups is 1. The van der Waals surface area contributed by atoms with Crippen LogP contribution in [0.15, 0.2) is 0 Å². The zero-order valence-electron chi connectivity index (χ0n) is 11.4. The van der Waals surface area contributed by atoms with Gasteiger partial charge in [0.15, 0.2) is 0 Å². The smallest absolute Gasteiger partial charge is 0.242 e. The topological polar surface area (TPSA) is 67.6 Å². The maximum absolute atomic E-state index is 12.1. The number of likely N-dealkylation sites (tertiary alicyclic amines) is 1. The van der Waals surface area contributed by atoms with Gasteiger partial charge in [0.1, 0.15) is 5.54 Å². The summed E-state index contributed by atoms with van der Waals surface area (Å²) in [6.07, 6.45) is 2.66. The SMILES string of the molecule is CC(C)N1CCC(NC(=O)C2(N)CCOC2)CC1. The Hall–Kier alpha value is -0.650. The molecule has 0 aromatic heterocycles. The van der Waals surface area contributed by atoms with Crippen molar-refractivity contribution in [2.75, 3.05) is 26.3 Å². The van der Waals surface area contributed by atoms with Crippen LogP contribution in [-0.2, 0) is 9.53 Å². The second-order valence-electron chi connectivity index (χ2n) is 5.84. The van der Waals surface area contributed by atoms with Gasteiger partial charge in [-0.3, -0.25) is 4.79 Å². The fourth-order valence-electron chi connectivity index (χ4n) is 2.65. The molecule has 1 unspecified atom stereocenters. The highest BCUT2D eigenvalue weighted by Crippen LogP contribution is 2.18. The van der Waals surface area contributed by atoms with Crippen LogP contribution in [0.1, 0.15) is 33.1 Å². The highest BCUT2D eigenvalue weighted by Gasteiger charge is 2.39. The van der Waals surface area contributed by atoms with Gasteiger partial charge in [0.2, 0.25) is 5.91 Å². The summed E-state index contributed by atoms with van der Waals surface area (Å²) in [7, 11) is 0. The van der Waals surface area contributed by atoms with Crippen molar-refractivity contribution in [1.82, 2.24) is 10.2 Å². The van der Waals surface area contributed by atoms with E-state index in [4.69, 9.17) is 10.5 Å². The monoisotopic (exact) mass is 255 g/mol. The van der Waals surface area contributed by atoms with Gasteiger partial charge >= 0.3 is 0 Å². The van der Waals surface area contributed by atoms with Crippen LogP contribution in [0.3, 0.4) is 0 Å². The Labute approximate surface area is 109 Å². The first-order chi connectivity index (χ1) is 8.51. The van der Waals surface area contributed by atoms with E-state index in [-0.39, 0.29) is 11.9 Å². The Kier molecular flexibility index (Phi) is 4.25. The van der Waals surface area contributed by atoms with Crippen molar-refractivity contribution in [1.29, 1.82) is 0 Å². The number of amides is 1. The molecule has 2 aliphatic heterocycles. The summed E-state index contributed by atoms with van der Waals surface area (Å²) >= 11 is 0. The summed E-state index contributed by atoms with van der Waals surface area (Å²) in [5.41, 5.74) is 5.25. The van der Waals surface area contributed by atoms with Crippen molar-refractivity contribution < 1.29 is 9.53 Å². The molecule has 1 amide bonds. The van der Waals surface area contributed by atoms with Gasteiger partial charge in [0.05, 0.1) is 6.61 Å². The molecule has 3 N–H and O–H groups in total. The van der Waals surface area contributed by atoms with Gasteiger partial charge in [0.25, 0.3) is 0 Å². The van der Waals surface area contributed by atoms with E-state index >= 15 is 0 Å². The maximum atomic E-state index is 12.1. The van der Waals surface area contributed by atoms with Crippen LogP contribution in [0.25, 0.3) is 0 Å². The van der Waals surface area contributed by atoms with E-state index in [0.717, 1.165) is 25.9 Å². The van der Waals surface area contributed by atoms with Crippen molar-refractivity contribution in [2.45, 2.75) is 50.7 Å². The average Bonchev–Trinajstić information content (AvgIpc) is 2.78. The number of hydrogen-bond donors (Lipinski definition) is 2. The second kappa shape index (κ2) is 5.55. The lowest BCUT2D eigenvalue weighted by Gasteiger charge is -2.36. The van der Waals surface area contributed by atoms with E-state index in [2.05, 4.69) is 24.1 Å². The van der Waals surface area contributed by atoms with Gasteiger partial charge in [-0.25, -0.2) is 0 Å². The lowest BCUT2D eigenvalue weighted by atomic mass is 9.97. The molecular weight excluding hydrogens is 230 g/mol. The molecule has 0 aromatic rings. The first-order valence-electron chi connectivity index (χ1n) is 6.93. The molecule has 0 aliphatic carbocycles. The zero-order valence-corrected chi connectivity index (χ0v) is 11.4. The van der Waals surface area contributed by atoms with E-state index in [9.17, 15) is 4.79 Å². The number of piperidine rings is 1. The summed E-state index contributed by atoms with van der Waals surface area (Å²) in [6.45, 7) is 7.47. The third-order valence-corrected chi connectivity index (χ3v) is 4.10. The van der Waals surface area contributed by atoms with Crippen LogP contribution in [0.2, 0.25) is 0 Å². The molecule has 2 aliphatic rings. The summed E-state index contributed by atoms with van der Waals surface area (Å²) in [6, 6.07) is 0.860. The zero-order chi connectivity index (χ0) is 13.2. The van der Waals surface area contributed by atoms with E-state index in [0.29, 0.717) is 25.7 Å². The van der Waals surface area contributed by atoms with Crippen LogP contribution in [0.5, 0.6) is 0 Å². The molecule has 2 rings (SSSR count). The van der Waals surface area contributed by atoms with E-state index < -0.39 is 5.54 Å². The van der Waals surface area contributed by atoms with Gasteiger partial charge < -0.3 is 20.7 Å². The minimum atomic E-state index is -0.796. The average molecular weight is 255 g/mol. The molecule has 2 fully saturated rings. The van der Waals surface area contributed by atoms with Gasteiger partial charge in [0, 0.05) is 31.8 Å². The Balaban J connectivity index is 1.79. The molecule has 5 heteroatoms. The minimum absolute atomic E-state index is 0.0389. The van der Waals surface area contributed by atoms with Crippen molar-refractivity contribution >= 4 is 5.91 Å². The van der Waals surface area contributed by atoms with Gasteiger partial charge in [-0.15, -0.1) is 0 Å². The number of nitrogens with two attached hydrogens (primary N) is 1. The summed E-state index contributed by atoms with van der Waals surface area (Å²) in [5, 5.41) is 3.09. The number of carbonyl (C=O) groups excluding carboxylic acids is 1. The molecule has 5 nitrogen and oxygen atoms in total. The number of rotatable bonds is 3. The summed E-state index contributed by atoms with van der Waals surface area (Å²) in [5.74, 6) is -0.0389. The van der Waals surface area contributed by atoms with Crippen LogP contribution >= 0.6 is 0 Å². The molecule has 2 saturated heterocycles. The van der Waals surface area contributed by atoms with Gasteiger partial charge in [-0.05, 0) is 33.1 Å². The fraction of sp³-hybridized carbons (Fsp3) is 0.923. The number of nitrogens with one attached hydrogen (secondary N) is 1. The standard InChI is InChI=1S/C13H25N3O2/c1-10(2)16-6-3-11(4-7-16)15-12(17)13(14)5-8-18-9-13/h10-11H,3-9,14H2,1-2H3,(H,15,17). The first-order valence-corrected chi connectivity index (χ1v) is 6.93. The fourth-order valence-corrected chi connectivity index (χ4v) is 2.65. The molecule has 0 saturated carbocycles.